The van der Waals surface area contributed by atoms with E-state index >= 15 is 0 Å². The summed E-state index contributed by atoms with van der Waals surface area (Å²) in [6.45, 7) is 2.53. The van der Waals surface area contributed by atoms with Crippen LogP contribution in [0.25, 0.3) is 0 Å². The molecule has 88 valence electrons. The van der Waals surface area contributed by atoms with Crippen LogP contribution in [-0.4, -0.2) is 38.3 Å². The van der Waals surface area contributed by atoms with Gasteiger partial charge in [-0.05, 0) is 0 Å². The van der Waals surface area contributed by atoms with E-state index in [9.17, 15) is 0 Å². The summed E-state index contributed by atoms with van der Waals surface area (Å²) in [6, 6.07) is 1.94. The summed E-state index contributed by atoms with van der Waals surface area (Å²) in [5.41, 5.74) is 0. The second-order valence-corrected chi connectivity index (χ2v) is 3.87. The van der Waals surface area contributed by atoms with Gasteiger partial charge in [-0.1, -0.05) is 0 Å². The molecule has 0 spiro atoms. The third-order valence-electron chi connectivity index (χ3n) is 2.87. The highest BCUT2D eigenvalue weighted by Gasteiger charge is 2.18. The lowest BCUT2D eigenvalue weighted by Crippen LogP contribution is -2.34. The first-order valence-corrected chi connectivity index (χ1v) is 5.48. The number of aromatic nitrogens is 5. The van der Waals surface area contributed by atoms with Crippen molar-refractivity contribution in [3.05, 3.63) is 24.5 Å². The number of rotatable bonds is 2. The molecule has 1 aliphatic heterocycles. The normalized spacial score (nSPS) is 14.5. The maximum absolute atomic E-state index is 4.29. The van der Waals surface area contributed by atoms with Gasteiger partial charge >= 0.3 is 0 Å². The highest BCUT2D eigenvalue weighted by atomic mass is 15.3. The maximum Gasteiger partial charge on any atom is 0.152 e. The Labute approximate surface area is 98.5 Å². The topological polar surface area (TPSA) is 71.8 Å². The summed E-state index contributed by atoms with van der Waals surface area (Å²) in [7, 11) is 1.85. The lowest BCUT2D eigenvalue weighted by molar-refractivity contribution is 0.556. The Morgan fingerprint density at radius 1 is 1.29 bits per heavy atom. The minimum atomic E-state index is 0.736. The van der Waals surface area contributed by atoms with Crippen LogP contribution in [0.4, 0.5) is 11.6 Å². The van der Waals surface area contributed by atoms with Crippen LogP contribution in [0.2, 0.25) is 0 Å². The van der Waals surface area contributed by atoms with Crippen LogP contribution in [-0.2, 0) is 13.1 Å². The summed E-state index contributed by atoms with van der Waals surface area (Å²) in [5.74, 6) is 2.71. The summed E-state index contributed by atoms with van der Waals surface area (Å²) >= 11 is 0. The molecule has 0 fully saturated rings. The molecule has 0 saturated heterocycles. The molecule has 0 amide bonds. The van der Waals surface area contributed by atoms with Crippen LogP contribution in [0.15, 0.2) is 18.7 Å². The Morgan fingerprint density at radius 2 is 2.24 bits per heavy atom. The predicted octanol–water partition coefficient (Wildman–Crippen LogP) is 0.130. The first-order valence-electron chi connectivity index (χ1n) is 5.48. The molecule has 0 radical (unpaired) electrons. The van der Waals surface area contributed by atoms with Crippen LogP contribution in [0.5, 0.6) is 0 Å². The fourth-order valence-electron chi connectivity index (χ4n) is 1.92. The summed E-state index contributed by atoms with van der Waals surface area (Å²) in [5, 5.41) is 11.0. The molecule has 17 heavy (non-hydrogen) atoms. The van der Waals surface area contributed by atoms with Gasteiger partial charge in [0.15, 0.2) is 5.82 Å². The van der Waals surface area contributed by atoms with Gasteiger partial charge < -0.3 is 14.8 Å². The van der Waals surface area contributed by atoms with Crippen LogP contribution in [0.1, 0.15) is 5.82 Å². The zero-order valence-corrected chi connectivity index (χ0v) is 9.54. The van der Waals surface area contributed by atoms with Gasteiger partial charge in [0.1, 0.15) is 24.3 Å². The Hall–Kier alpha value is -2.18. The van der Waals surface area contributed by atoms with Crippen LogP contribution in [0, 0.1) is 0 Å². The van der Waals surface area contributed by atoms with Crippen molar-refractivity contribution < 1.29 is 0 Å². The van der Waals surface area contributed by atoms with E-state index in [1.54, 1.807) is 12.7 Å². The number of nitrogens with zero attached hydrogens (tertiary/aromatic N) is 6. The maximum atomic E-state index is 4.29. The molecule has 0 atom stereocenters. The average molecular weight is 231 g/mol. The Balaban J connectivity index is 1.86. The van der Waals surface area contributed by atoms with E-state index in [2.05, 4.69) is 34.9 Å². The summed E-state index contributed by atoms with van der Waals surface area (Å²) in [4.78, 5) is 10.6. The molecule has 3 heterocycles. The molecule has 0 aromatic carbocycles. The molecule has 7 nitrogen and oxygen atoms in total. The second kappa shape index (κ2) is 4.00. The molecule has 1 N–H and O–H groups in total. The van der Waals surface area contributed by atoms with Crippen molar-refractivity contribution in [1.82, 2.24) is 24.7 Å². The summed E-state index contributed by atoms with van der Waals surface area (Å²) in [6.07, 6.45) is 3.34. The highest BCUT2D eigenvalue weighted by molar-refractivity contribution is 5.48. The Kier molecular flexibility index (Phi) is 2.36. The first-order chi connectivity index (χ1) is 8.36. The molecule has 0 bridgehead atoms. The third-order valence-corrected chi connectivity index (χ3v) is 2.87. The van der Waals surface area contributed by atoms with Gasteiger partial charge in [-0.25, -0.2) is 9.97 Å². The SMILES string of the molecule is CNc1cc(N2CCn3cnnc3C2)ncn1. The number of anilines is 2. The summed E-state index contributed by atoms with van der Waals surface area (Å²) < 4.78 is 2.07. The standard InChI is InChI=1S/C10H13N7/c1-11-8-4-9(13-6-12-8)16-2-3-17-7-14-15-10(17)5-16/h4,6-7H,2-3,5H2,1H3,(H,11,12,13). The van der Waals surface area contributed by atoms with Gasteiger partial charge in [0, 0.05) is 26.2 Å². The van der Waals surface area contributed by atoms with Gasteiger partial charge in [-0.3, -0.25) is 0 Å². The largest absolute Gasteiger partial charge is 0.373 e. The number of nitrogens with one attached hydrogen (secondary N) is 1. The van der Waals surface area contributed by atoms with E-state index in [1.807, 2.05) is 13.1 Å². The van der Waals surface area contributed by atoms with Crippen molar-refractivity contribution in [3.63, 3.8) is 0 Å². The quantitative estimate of drug-likeness (QED) is 0.792. The molecule has 1 aliphatic rings. The van der Waals surface area contributed by atoms with Gasteiger partial charge in [-0.15, -0.1) is 10.2 Å². The third kappa shape index (κ3) is 1.79. The number of hydrogen-bond donors (Lipinski definition) is 1. The van der Waals surface area contributed by atoms with Gasteiger partial charge in [-0.2, -0.15) is 0 Å². The highest BCUT2D eigenvalue weighted by Crippen LogP contribution is 2.18. The molecular formula is C10H13N7. The number of fused-ring (bicyclic) bond motifs is 1. The van der Waals surface area contributed by atoms with Crippen molar-refractivity contribution in [1.29, 1.82) is 0 Å². The van der Waals surface area contributed by atoms with E-state index < -0.39 is 0 Å². The van der Waals surface area contributed by atoms with Crippen LogP contribution in [0.3, 0.4) is 0 Å². The van der Waals surface area contributed by atoms with E-state index in [0.717, 1.165) is 37.1 Å². The molecule has 2 aromatic heterocycles. The zero-order valence-electron chi connectivity index (χ0n) is 9.54. The monoisotopic (exact) mass is 231 g/mol. The van der Waals surface area contributed by atoms with Crippen molar-refractivity contribution in [3.8, 4) is 0 Å². The molecule has 2 aromatic rings. The fraction of sp³-hybridized carbons (Fsp3) is 0.400. The minimum absolute atomic E-state index is 0.736. The lowest BCUT2D eigenvalue weighted by Gasteiger charge is -2.27. The first kappa shape index (κ1) is 10.0. The van der Waals surface area contributed by atoms with Crippen molar-refractivity contribution >= 4 is 11.6 Å². The fourth-order valence-corrected chi connectivity index (χ4v) is 1.92. The van der Waals surface area contributed by atoms with E-state index in [1.165, 1.54) is 0 Å². The Morgan fingerprint density at radius 3 is 3.12 bits per heavy atom. The zero-order chi connectivity index (χ0) is 11.7. The molecule has 0 aliphatic carbocycles. The smallest absolute Gasteiger partial charge is 0.152 e. The van der Waals surface area contributed by atoms with Crippen LogP contribution < -0.4 is 10.2 Å². The molecule has 3 rings (SSSR count). The van der Waals surface area contributed by atoms with Crippen molar-refractivity contribution in [2.75, 3.05) is 23.8 Å². The van der Waals surface area contributed by atoms with Crippen molar-refractivity contribution in [2.45, 2.75) is 13.1 Å². The minimum Gasteiger partial charge on any atom is -0.373 e. The second-order valence-electron chi connectivity index (χ2n) is 3.87. The number of hydrogen-bond acceptors (Lipinski definition) is 6. The predicted molar refractivity (Wildman–Crippen MR) is 62.7 cm³/mol. The van der Waals surface area contributed by atoms with Crippen molar-refractivity contribution in [2.24, 2.45) is 0 Å². The molecule has 0 saturated carbocycles. The van der Waals surface area contributed by atoms with Crippen LogP contribution >= 0.6 is 0 Å². The van der Waals surface area contributed by atoms with E-state index in [0.29, 0.717) is 0 Å². The molecule has 0 unspecified atom stereocenters. The Bertz CT molecular complexity index is 521. The van der Waals surface area contributed by atoms with Gasteiger partial charge in [0.25, 0.3) is 0 Å². The van der Waals surface area contributed by atoms with E-state index in [4.69, 9.17) is 0 Å². The molecular weight excluding hydrogens is 218 g/mol. The van der Waals surface area contributed by atoms with Gasteiger partial charge in [0.2, 0.25) is 0 Å². The lowest BCUT2D eigenvalue weighted by atomic mass is 10.3. The van der Waals surface area contributed by atoms with Gasteiger partial charge in [0.05, 0.1) is 6.54 Å². The average Bonchev–Trinajstić information content (AvgIpc) is 2.86. The van der Waals surface area contributed by atoms with E-state index in [-0.39, 0.29) is 0 Å². The molecule has 7 heteroatoms.